The van der Waals surface area contributed by atoms with Gasteiger partial charge in [-0.05, 0) is 49.4 Å². The van der Waals surface area contributed by atoms with Crippen LogP contribution in [0.15, 0.2) is 48.5 Å². The highest BCUT2D eigenvalue weighted by atomic mass is 19.1. The van der Waals surface area contributed by atoms with E-state index in [0.717, 1.165) is 36.9 Å². The summed E-state index contributed by atoms with van der Waals surface area (Å²) in [7, 11) is 1.87. The number of amides is 1. The van der Waals surface area contributed by atoms with E-state index in [2.05, 4.69) is 18.3 Å². The zero-order chi connectivity index (χ0) is 17.7. The number of benzene rings is 2. The van der Waals surface area contributed by atoms with Crippen molar-refractivity contribution in [2.75, 3.05) is 13.6 Å². The van der Waals surface area contributed by atoms with E-state index in [0.29, 0.717) is 5.56 Å². The Balaban J connectivity index is 1.68. The van der Waals surface area contributed by atoms with Crippen molar-refractivity contribution in [1.82, 2.24) is 10.2 Å². The van der Waals surface area contributed by atoms with Crippen LogP contribution in [-0.4, -0.2) is 29.9 Å². The van der Waals surface area contributed by atoms with Gasteiger partial charge in [0.05, 0.1) is 0 Å². The summed E-state index contributed by atoms with van der Waals surface area (Å²) in [6.07, 6.45) is 2.59. The third kappa shape index (κ3) is 2.56. The largest absolute Gasteiger partial charge is 0.344 e. The van der Waals surface area contributed by atoms with Crippen LogP contribution in [0.3, 0.4) is 0 Å². The molecule has 1 amide bonds. The van der Waals surface area contributed by atoms with Gasteiger partial charge in [-0.25, -0.2) is 4.39 Å². The van der Waals surface area contributed by atoms with Crippen LogP contribution in [0.1, 0.15) is 31.7 Å². The minimum atomic E-state index is -0.433. The van der Waals surface area contributed by atoms with Crippen molar-refractivity contribution in [1.29, 1.82) is 0 Å². The van der Waals surface area contributed by atoms with Crippen molar-refractivity contribution in [3.8, 4) is 11.1 Å². The lowest BCUT2D eigenvalue weighted by Crippen LogP contribution is -2.52. The highest BCUT2D eigenvalue weighted by Gasteiger charge is 2.54. The maximum Gasteiger partial charge on any atom is 0.242 e. The molecule has 2 fully saturated rings. The summed E-state index contributed by atoms with van der Waals surface area (Å²) in [5.41, 5.74) is 1.87. The monoisotopic (exact) mass is 338 g/mol. The number of halogens is 1. The first kappa shape index (κ1) is 16.3. The smallest absolute Gasteiger partial charge is 0.242 e. The Kier molecular flexibility index (Phi) is 3.69. The molecule has 0 saturated carbocycles. The molecule has 2 aliphatic rings. The van der Waals surface area contributed by atoms with Gasteiger partial charge in [-0.2, -0.15) is 0 Å². The first-order valence-corrected chi connectivity index (χ1v) is 8.84. The second kappa shape index (κ2) is 5.67. The minimum Gasteiger partial charge on any atom is -0.344 e. The van der Waals surface area contributed by atoms with E-state index in [-0.39, 0.29) is 17.3 Å². The van der Waals surface area contributed by atoms with Crippen LogP contribution in [0.25, 0.3) is 11.1 Å². The average molecular weight is 338 g/mol. The number of likely N-dealkylation sites (N-methyl/N-ethyl adjacent to an activating group) is 1. The van der Waals surface area contributed by atoms with Crippen LogP contribution in [0, 0.1) is 5.82 Å². The summed E-state index contributed by atoms with van der Waals surface area (Å²) in [5.74, 6) is -0.0188. The van der Waals surface area contributed by atoms with Gasteiger partial charge >= 0.3 is 0 Å². The number of hydrogen-bond donors (Lipinski definition) is 1. The quantitative estimate of drug-likeness (QED) is 0.906. The van der Waals surface area contributed by atoms with Gasteiger partial charge in [-0.3, -0.25) is 10.1 Å². The van der Waals surface area contributed by atoms with Gasteiger partial charge in [0, 0.05) is 24.7 Å². The minimum absolute atomic E-state index is 0.196. The lowest BCUT2D eigenvalue weighted by Gasteiger charge is -2.31. The van der Waals surface area contributed by atoms with E-state index in [1.807, 2.05) is 36.2 Å². The Morgan fingerprint density at radius 2 is 1.88 bits per heavy atom. The molecule has 4 heteroatoms. The maximum atomic E-state index is 14.1. The molecule has 0 aliphatic carbocycles. The van der Waals surface area contributed by atoms with Gasteiger partial charge in [-0.1, -0.05) is 36.4 Å². The molecule has 2 aromatic carbocycles. The number of nitrogens with one attached hydrogen (secondary N) is 1. The molecule has 4 rings (SSSR count). The van der Waals surface area contributed by atoms with Crippen molar-refractivity contribution < 1.29 is 9.18 Å². The Bertz CT molecular complexity index is 836. The van der Waals surface area contributed by atoms with Crippen molar-refractivity contribution in [3.05, 3.63) is 59.9 Å². The second-order valence-corrected chi connectivity index (χ2v) is 7.58. The predicted molar refractivity (Wildman–Crippen MR) is 96.5 cm³/mol. The molecule has 0 radical (unpaired) electrons. The molecule has 1 N–H and O–H groups in total. The molecule has 25 heavy (non-hydrogen) atoms. The molecule has 2 saturated heterocycles. The van der Waals surface area contributed by atoms with E-state index >= 15 is 0 Å². The first-order valence-electron chi connectivity index (χ1n) is 8.84. The van der Waals surface area contributed by atoms with E-state index in [9.17, 15) is 9.18 Å². The summed E-state index contributed by atoms with van der Waals surface area (Å²) in [6, 6.07) is 14.9. The van der Waals surface area contributed by atoms with E-state index in [1.165, 1.54) is 6.07 Å². The van der Waals surface area contributed by atoms with Crippen LogP contribution in [0.5, 0.6) is 0 Å². The molecule has 130 valence electrons. The highest BCUT2D eigenvalue weighted by molar-refractivity contribution is 5.89. The van der Waals surface area contributed by atoms with Crippen LogP contribution < -0.4 is 5.32 Å². The second-order valence-electron chi connectivity index (χ2n) is 7.58. The lowest BCUT2D eigenvalue weighted by molar-refractivity contribution is -0.131. The third-order valence-electron chi connectivity index (χ3n) is 5.88. The number of rotatable bonds is 2. The van der Waals surface area contributed by atoms with Crippen molar-refractivity contribution in [2.24, 2.45) is 0 Å². The molecule has 0 bridgehead atoms. The Morgan fingerprint density at radius 1 is 1.08 bits per heavy atom. The molecule has 2 aromatic rings. The standard InChI is InChI=1S/C21H23FN2O/c1-20(10-11-21(23-20)12-13-24(2)19(21)25)16-7-5-6-15(14-16)17-8-3-4-9-18(17)22/h3-9,14,23H,10-13H2,1-2H3/t20-,21+/m0/s1. The fourth-order valence-corrected chi connectivity index (χ4v) is 4.34. The molecular formula is C21H23FN2O. The number of carbonyl (C=O) groups is 1. The molecule has 2 aliphatic heterocycles. The Labute approximate surface area is 147 Å². The molecule has 1 spiro atoms. The summed E-state index contributed by atoms with van der Waals surface area (Å²) in [6.45, 7) is 2.95. The van der Waals surface area contributed by atoms with Gasteiger partial charge < -0.3 is 4.90 Å². The van der Waals surface area contributed by atoms with Crippen LogP contribution in [0.4, 0.5) is 4.39 Å². The molecule has 2 heterocycles. The molecule has 3 nitrogen and oxygen atoms in total. The molecular weight excluding hydrogens is 315 g/mol. The van der Waals surface area contributed by atoms with Crippen LogP contribution in [-0.2, 0) is 10.3 Å². The Morgan fingerprint density at radius 3 is 2.60 bits per heavy atom. The number of hydrogen-bond acceptors (Lipinski definition) is 2. The fraction of sp³-hybridized carbons (Fsp3) is 0.381. The van der Waals surface area contributed by atoms with Gasteiger partial charge in [-0.15, -0.1) is 0 Å². The summed E-state index contributed by atoms with van der Waals surface area (Å²) in [4.78, 5) is 14.4. The Hall–Kier alpha value is -2.20. The highest BCUT2D eigenvalue weighted by Crippen LogP contribution is 2.43. The SMILES string of the molecule is CN1CC[C@]2(CC[C@@](C)(c3cccc(-c4ccccc4F)c3)N2)C1=O. The number of likely N-dealkylation sites (tertiary alicyclic amines) is 1. The molecule has 0 aromatic heterocycles. The topological polar surface area (TPSA) is 32.3 Å². The number of carbonyl (C=O) groups excluding carboxylic acids is 1. The van der Waals surface area contributed by atoms with E-state index < -0.39 is 5.54 Å². The first-order chi connectivity index (χ1) is 11.9. The van der Waals surface area contributed by atoms with Gasteiger partial charge in [0.2, 0.25) is 5.91 Å². The summed E-state index contributed by atoms with van der Waals surface area (Å²) in [5, 5.41) is 3.65. The molecule has 0 unspecified atom stereocenters. The van der Waals surface area contributed by atoms with Crippen molar-refractivity contribution in [3.63, 3.8) is 0 Å². The van der Waals surface area contributed by atoms with Gasteiger partial charge in [0.15, 0.2) is 0 Å². The van der Waals surface area contributed by atoms with E-state index in [1.54, 1.807) is 12.1 Å². The van der Waals surface area contributed by atoms with Crippen LogP contribution >= 0.6 is 0 Å². The summed E-state index contributed by atoms with van der Waals surface area (Å²) >= 11 is 0. The maximum absolute atomic E-state index is 14.1. The number of nitrogens with zero attached hydrogens (tertiary/aromatic N) is 1. The van der Waals surface area contributed by atoms with Gasteiger partial charge in [0.25, 0.3) is 0 Å². The fourth-order valence-electron chi connectivity index (χ4n) is 4.34. The zero-order valence-electron chi connectivity index (χ0n) is 14.7. The zero-order valence-corrected chi connectivity index (χ0v) is 14.7. The van der Waals surface area contributed by atoms with Crippen molar-refractivity contribution >= 4 is 5.91 Å². The molecule has 2 atom stereocenters. The summed E-state index contributed by atoms with van der Waals surface area (Å²) < 4.78 is 14.1. The van der Waals surface area contributed by atoms with Crippen LogP contribution in [0.2, 0.25) is 0 Å². The average Bonchev–Trinajstić information content (AvgIpc) is 3.11. The lowest BCUT2D eigenvalue weighted by atomic mass is 9.88. The van der Waals surface area contributed by atoms with Crippen molar-refractivity contribution in [2.45, 2.75) is 37.3 Å². The normalized spacial score (nSPS) is 28.9. The van der Waals surface area contributed by atoms with Gasteiger partial charge in [0.1, 0.15) is 11.4 Å². The third-order valence-corrected chi connectivity index (χ3v) is 5.88. The predicted octanol–water partition coefficient (Wildman–Crippen LogP) is 3.69. The van der Waals surface area contributed by atoms with E-state index in [4.69, 9.17) is 0 Å².